The van der Waals surface area contributed by atoms with Gasteiger partial charge in [0, 0.05) is 86.9 Å². The van der Waals surface area contributed by atoms with Crippen molar-refractivity contribution in [3.8, 4) is 0 Å². The summed E-state index contributed by atoms with van der Waals surface area (Å²) < 4.78 is 10.8. The highest BCUT2D eigenvalue weighted by Gasteiger charge is 2.32. The van der Waals surface area contributed by atoms with Crippen molar-refractivity contribution in [2.24, 2.45) is 17.6 Å². The van der Waals surface area contributed by atoms with E-state index >= 15 is 0 Å². The third kappa shape index (κ3) is 19.0. The average Bonchev–Trinajstić information content (AvgIpc) is 3.20. The molecule has 1 aliphatic rings. The lowest BCUT2D eigenvalue weighted by Crippen LogP contribution is -2.33. The van der Waals surface area contributed by atoms with Crippen LogP contribution in [0.5, 0.6) is 0 Å². The molecule has 1 amide bonds. The zero-order valence-electron chi connectivity index (χ0n) is 36.0. The van der Waals surface area contributed by atoms with Crippen LogP contribution in [0.15, 0.2) is 65.5 Å². The number of allylic oxidation sites excluding steroid dienone is 5. The van der Waals surface area contributed by atoms with E-state index in [9.17, 15) is 14.7 Å². The van der Waals surface area contributed by atoms with Crippen LogP contribution in [-0.2, 0) is 44.2 Å². The summed E-state index contributed by atoms with van der Waals surface area (Å²) in [7, 11) is 1.72. The van der Waals surface area contributed by atoms with Gasteiger partial charge in [0.1, 0.15) is 6.29 Å². The number of pyridine rings is 1. The van der Waals surface area contributed by atoms with Gasteiger partial charge in [0.05, 0.1) is 17.9 Å². The normalized spacial score (nSPS) is 14.3. The molecule has 1 aromatic carbocycles. The summed E-state index contributed by atoms with van der Waals surface area (Å²) in [5, 5.41) is 23.0. The zero-order valence-corrected chi connectivity index (χ0v) is 36.0. The van der Waals surface area contributed by atoms with E-state index in [1.54, 1.807) is 20.2 Å². The van der Waals surface area contributed by atoms with Crippen molar-refractivity contribution in [2.75, 3.05) is 20.3 Å². The molecule has 0 bridgehead atoms. The van der Waals surface area contributed by atoms with Crippen LogP contribution in [0.2, 0.25) is 0 Å². The predicted molar refractivity (Wildman–Crippen MR) is 230 cm³/mol. The Kier molecular flexibility index (Phi) is 27.3. The first-order valence-corrected chi connectivity index (χ1v) is 20.3. The van der Waals surface area contributed by atoms with Gasteiger partial charge in [0.15, 0.2) is 0 Å². The quantitative estimate of drug-likeness (QED) is 0.0672. The SMILES string of the molecule is CC.CC(CCC=O)C(N)=O.CC/C=C(NCc1ccc(COC)c(CC)c1)\C(C=N)=C(/C=C(C)C)c1ccc(C2(O)CCOCC2)cn1.CCC(C)CC. The molecule has 0 radical (unpaired) electrons. The lowest BCUT2D eigenvalue weighted by Gasteiger charge is -2.32. The number of primary amides is 1. The summed E-state index contributed by atoms with van der Waals surface area (Å²) in [5.74, 6) is 0.428. The van der Waals surface area contributed by atoms with Gasteiger partial charge in [-0.1, -0.05) is 110 Å². The molecule has 1 saturated heterocycles. The summed E-state index contributed by atoms with van der Waals surface area (Å²) in [5.41, 5.74) is 13.0. The van der Waals surface area contributed by atoms with Crippen LogP contribution in [0.25, 0.3) is 5.57 Å². The minimum absolute atomic E-state index is 0.171. The molecule has 0 saturated carbocycles. The molecule has 1 aliphatic heterocycles. The number of amides is 1. The second-order valence-corrected chi connectivity index (χ2v) is 14.0. The number of nitrogens with two attached hydrogens (primary N) is 1. The Bertz CT molecular complexity index is 1480. The first-order chi connectivity index (χ1) is 26.3. The fourth-order valence-corrected chi connectivity index (χ4v) is 5.55. The van der Waals surface area contributed by atoms with Crippen LogP contribution >= 0.6 is 0 Å². The Morgan fingerprint density at radius 3 is 2.18 bits per heavy atom. The molecule has 9 nitrogen and oxygen atoms in total. The third-order valence-corrected chi connectivity index (χ3v) is 9.49. The smallest absolute Gasteiger partial charge is 0.220 e. The van der Waals surface area contributed by atoms with Gasteiger partial charge in [0.2, 0.25) is 5.91 Å². The van der Waals surface area contributed by atoms with Crippen molar-refractivity contribution in [1.29, 1.82) is 5.41 Å². The maximum atomic E-state index is 11.1. The molecular formula is C46H74N4O5. The fourth-order valence-electron chi connectivity index (χ4n) is 5.55. The number of aldehydes is 1. The number of hydrogen-bond donors (Lipinski definition) is 4. The maximum Gasteiger partial charge on any atom is 0.220 e. The van der Waals surface area contributed by atoms with E-state index in [1.165, 1.54) is 35.7 Å². The monoisotopic (exact) mass is 763 g/mol. The number of aliphatic hydroxyl groups is 1. The Hall–Kier alpha value is -3.92. The summed E-state index contributed by atoms with van der Waals surface area (Å²) in [4.78, 5) is 24.8. The van der Waals surface area contributed by atoms with Gasteiger partial charge in [-0.3, -0.25) is 9.78 Å². The third-order valence-electron chi connectivity index (χ3n) is 9.49. The second kappa shape index (κ2) is 29.4. The maximum absolute atomic E-state index is 11.1. The van der Waals surface area contributed by atoms with Gasteiger partial charge in [-0.15, -0.1) is 0 Å². The van der Waals surface area contributed by atoms with Crippen LogP contribution in [0.4, 0.5) is 0 Å². The molecular weight excluding hydrogens is 689 g/mol. The molecule has 1 atom stereocenters. The zero-order chi connectivity index (χ0) is 41.8. The van der Waals surface area contributed by atoms with Gasteiger partial charge in [0.25, 0.3) is 0 Å². The predicted octanol–water partition coefficient (Wildman–Crippen LogP) is 9.80. The van der Waals surface area contributed by atoms with Gasteiger partial charge < -0.3 is 35.8 Å². The van der Waals surface area contributed by atoms with E-state index in [0.29, 0.717) is 52.0 Å². The molecule has 308 valence electrons. The number of nitrogens with zero attached hydrogens (tertiary/aromatic N) is 1. The van der Waals surface area contributed by atoms with Crippen LogP contribution in [0.3, 0.4) is 0 Å². The van der Waals surface area contributed by atoms with Crippen molar-refractivity contribution in [3.63, 3.8) is 0 Å². The van der Waals surface area contributed by atoms with E-state index in [4.69, 9.17) is 25.6 Å². The Morgan fingerprint density at radius 2 is 1.73 bits per heavy atom. The van der Waals surface area contributed by atoms with Crippen molar-refractivity contribution in [1.82, 2.24) is 10.3 Å². The number of ether oxygens (including phenoxy) is 2. The molecule has 55 heavy (non-hydrogen) atoms. The highest BCUT2D eigenvalue weighted by Crippen LogP contribution is 2.33. The Labute approximate surface area is 333 Å². The highest BCUT2D eigenvalue weighted by atomic mass is 16.5. The van der Waals surface area contributed by atoms with Gasteiger partial charge in [-0.05, 0) is 61.8 Å². The molecule has 9 heteroatoms. The summed E-state index contributed by atoms with van der Waals surface area (Å²) >= 11 is 0. The first kappa shape index (κ1) is 51.1. The summed E-state index contributed by atoms with van der Waals surface area (Å²) in [6, 6.07) is 10.4. The number of benzene rings is 1. The van der Waals surface area contributed by atoms with Crippen molar-refractivity contribution in [3.05, 3.63) is 93.5 Å². The molecule has 5 N–H and O–H groups in total. The fraction of sp³-hybridized carbons (Fsp3) is 0.565. The molecule has 1 unspecified atom stereocenters. The lowest BCUT2D eigenvalue weighted by atomic mass is 9.87. The number of methoxy groups -OCH3 is 1. The number of carbonyl (C=O) groups excluding carboxylic acids is 2. The van der Waals surface area contributed by atoms with Crippen molar-refractivity contribution in [2.45, 2.75) is 139 Å². The van der Waals surface area contributed by atoms with Crippen LogP contribution < -0.4 is 11.1 Å². The molecule has 1 aromatic heterocycles. The second-order valence-electron chi connectivity index (χ2n) is 14.0. The van der Waals surface area contributed by atoms with Crippen LogP contribution in [0, 0.1) is 17.2 Å². The molecule has 0 spiro atoms. The topological polar surface area (TPSA) is 148 Å². The number of aromatic nitrogens is 1. The first-order valence-electron chi connectivity index (χ1n) is 20.3. The minimum Gasteiger partial charge on any atom is -0.385 e. The number of carbonyl (C=O) groups is 2. The van der Waals surface area contributed by atoms with Crippen LogP contribution in [0.1, 0.15) is 142 Å². The highest BCUT2D eigenvalue weighted by molar-refractivity contribution is 5.97. The summed E-state index contributed by atoms with van der Waals surface area (Å²) in [6.07, 6.45) is 14.7. The molecule has 1 fully saturated rings. The van der Waals surface area contributed by atoms with E-state index in [-0.39, 0.29) is 11.8 Å². The molecule has 2 aromatic rings. The van der Waals surface area contributed by atoms with E-state index in [1.807, 2.05) is 39.8 Å². The molecule has 2 heterocycles. The number of aryl methyl sites for hydroxylation is 1. The average molecular weight is 763 g/mol. The van der Waals surface area contributed by atoms with Gasteiger partial charge in [-0.25, -0.2) is 0 Å². The molecule has 3 rings (SSSR count). The number of nitrogens with one attached hydrogen (secondary N) is 2. The largest absolute Gasteiger partial charge is 0.385 e. The van der Waals surface area contributed by atoms with Gasteiger partial charge in [-0.2, -0.15) is 0 Å². The molecule has 0 aliphatic carbocycles. The van der Waals surface area contributed by atoms with Crippen molar-refractivity contribution < 1.29 is 24.2 Å². The summed E-state index contributed by atoms with van der Waals surface area (Å²) in [6.45, 7) is 23.2. The van der Waals surface area contributed by atoms with E-state index in [0.717, 1.165) is 58.7 Å². The minimum atomic E-state index is -0.903. The van der Waals surface area contributed by atoms with Gasteiger partial charge >= 0.3 is 0 Å². The number of rotatable bonds is 18. The Balaban J connectivity index is 0.00000143. The lowest BCUT2D eigenvalue weighted by molar-refractivity contribution is -0.121. The van der Waals surface area contributed by atoms with Crippen LogP contribution in [-0.4, -0.2) is 48.8 Å². The van der Waals surface area contributed by atoms with Crippen molar-refractivity contribution >= 4 is 24.0 Å². The van der Waals surface area contributed by atoms with E-state index < -0.39 is 5.60 Å². The Morgan fingerprint density at radius 1 is 1.07 bits per heavy atom. The van der Waals surface area contributed by atoms with E-state index in [2.05, 4.69) is 70.3 Å². The number of hydrogen-bond acceptors (Lipinski definition) is 8. The standard InChI is InChI=1S/C32H43N3O3.C6H11NO2.C6H14.C2H6/c1-6-8-30(34-20-24-9-10-26(22-37-5)25(7-2)18-24)29(19-33)28(17-23(3)4)31-12-11-27(21-35-31)32(36)13-15-38-16-14-32;1-5(6(7)9)3-2-4-8;1-4-6(3)5-2;1-2/h8-12,17-19,21,33-34,36H,6-7,13-16,20,22H2,1-5H3;4-5H,2-3H2,1H3,(H2,7,9);6H,4-5H2,1-3H3;1-2H3/b29-28+,30-8+,33-19?;;;.